The summed E-state index contributed by atoms with van der Waals surface area (Å²) in [6.45, 7) is 4.00. The van der Waals surface area contributed by atoms with E-state index in [2.05, 4.69) is 9.15 Å². The first kappa shape index (κ1) is 7.92. The topological polar surface area (TPSA) is 26.3 Å². The Morgan fingerprint density at radius 1 is 1.00 bits per heavy atom. The molecular weight excluding hydrogens is 140 g/mol. The van der Waals surface area contributed by atoms with Crippen LogP contribution in [-0.4, -0.2) is 0 Å². The van der Waals surface area contributed by atoms with Crippen LogP contribution in [0.5, 0.6) is 0 Å². The van der Waals surface area contributed by atoms with Crippen LogP contribution in [0, 0.1) is 0 Å². The van der Waals surface area contributed by atoms with Gasteiger partial charge in [-0.25, -0.2) is 0 Å². The highest BCUT2D eigenvalue weighted by molar-refractivity contribution is 5.59. The Hall–Kier alpha value is -1.18. The van der Waals surface area contributed by atoms with Crippen LogP contribution < -0.4 is 0 Å². The van der Waals surface area contributed by atoms with Gasteiger partial charge in [0.15, 0.2) is 0 Å². The average Bonchev–Trinajstić information content (AvgIpc) is 2.18. The Kier molecular flexibility index (Phi) is 2.78. The Bertz CT molecular complexity index is 225. The third-order valence-corrected chi connectivity index (χ3v) is 1.27. The van der Waals surface area contributed by atoms with Gasteiger partial charge in [0.1, 0.15) is 0 Å². The van der Waals surface area contributed by atoms with Gasteiger partial charge < -0.3 is 0 Å². The summed E-state index contributed by atoms with van der Waals surface area (Å²) in [4.78, 5) is 0. The summed E-state index contributed by atoms with van der Waals surface area (Å²) < 4.78 is 9.31. The van der Waals surface area contributed by atoms with E-state index in [1.54, 1.807) is 0 Å². The second-order valence-electron chi connectivity index (χ2n) is 1.94. The number of hydrogen-bond donors (Lipinski definition) is 0. The van der Waals surface area contributed by atoms with E-state index in [1.807, 2.05) is 38.2 Å². The first-order valence-corrected chi connectivity index (χ1v) is 3.89. The number of allylic oxidation sites excluding steroid dienone is 2. The zero-order valence-corrected chi connectivity index (χ0v) is 6.83. The van der Waals surface area contributed by atoms with Crippen LogP contribution >= 0.6 is 0 Å². The molecule has 1 aliphatic carbocycles. The van der Waals surface area contributed by atoms with Gasteiger partial charge in [0.2, 0.25) is 11.5 Å². The van der Waals surface area contributed by atoms with Gasteiger partial charge in [-0.15, -0.1) is 0 Å². The number of fused-ring (bicyclic) bond motifs is 1. The molecule has 1 aromatic rings. The highest BCUT2D eigenvalue weighted by Crippen LogP contribution is 2.19. The lowest BCUT2D eigenvalue weighted by molar-refractivity contribution is -0.00684. The van der Waals surface area contributed by atoms with E-state index < -0.39 is 0 Å². The lowest BCUT2D eigenvalue weighted by Gasteiger charge is -1.96. The fourth-order valence-corrected chi connectivity index (χ4v) is 0.786. The molecule has 1 aromatic heterocycles. The highest BCUT2D eigenvalue weighted by Gasteiger charge is 2.08. The molecule has 0 spiro atoms. The quantitative estimate of drug-likeness (QED) is 0.533. The van der Waals surface area contributed by atoms with Gasteiger partial charge >= 0.3 is 0 Å². The summed E-state index contributed by atoms with van der Waals surface area (Å²) in [5.74, 6) is 1.67. The second-order valence-corrected chi connectivity index (χ2v) is 1.94. The van der Waals surface area contributed by atoms with Crippen molar-refractivity contribution in [2.24, 2.45) is 0 Å². The molecule has 0 aromatic carbocycles. The maximum atomic E-state index is 4.66. The minimum atomic E-state index is 0.837. The average molecular weight is 152 g/mol. The molecule has 2 heteroatoms. The monoisotopic (exact) mass is 152 g/mol. The van der Waals surface area contributed by atoms with Gasteiger partial charge in [0.05, 0.1) is 0 Å². The fourth-order valence-electron chi connectivity index (χ4n) is 0.786. The van der Waals surface area contributed by atoms with Crippen LogP contribution in [0.1, 0.15) is 31.8 Å². The van der Waals surface area contributed by atoms with Crippen LogP contribution in [-0.2, 0) is 0 Å². The molecular formula is C9H12O2. The van der Waals surface area contributed by atoms with Crippen molar-refractivity contribution in [2.45, 2.75) is 20.3 Å². The minimum absolute atomic E-state index is 0.837. The first-order valence-electron chi connectivity index (χ1n) is 3.89. The van der Waals surface area contributed by atoms with Gasteiger partial charge in [-0.05, 0) is 18.6 Å². The highest BCUT2D eigenvalue weighted by atomic mass is 17.0. The molecule has 2 rings (SSSR count). The second kappa shape index (κ2) is 3.86. The molecule has 0 saturated heterocycles. The molecule has 1 heterocycles. The van der Waals surface area contributed by atoms with Crippen molar-refractivity contribution in [2.75, 3.05) is 0 Å². The largest absolute Gasteiger partial charge is 0.286 e. The maximum absolute atomic E-state index is 4.66. The Balaban J connectivity index is 0.000000281. The van der Waals surface area contributed by atoms with Crippen LogP contribution in [0.2, 0.25) is 0 Å². The molecule has 2 nitrogen and oxygen atoms in total. The standard InChI is InChI=1S/C7H6O2.C2H6/c1-2-4-6-7(5-3-1)9-8-6;1-2/h2-5H,1H2;1-2H3. The summed E-state index contributed by atoms with van der Waals surface area (Å²) in [6.07, 6.45) is 8.85. The van der Waals surface area contributed by atoms with E-state index in [0.717, 1.165) is 17.9 Å². The summed E-state index contributed by atoms with van der Waals surface area (Å²) in [5.41, 5.74) is 0. The van der Waals surface area contributed by atoms with Crippen molar-refractivity contribution in [1.82, 2.24) is 0 Å². The third-order valence-electron chi connectivity index (χ3n) is 1.27. The summed E-state index contributed by atoms with van der Waals surface area (Å²) >= 11 is 0. The van der Waals surface area contributed by atoms with Crippen molar-refractivity contribution in [1.29, 1.82) is 0 Å². The molecule has 1 aliphatic rings. The predicted molar refractivity (Wildman–Crippen MR) is 45.0 cm³/mol. The van der Waals surface area contributed by atoms with Gasteiger partial charge in [-0.3, -0.25) is 9.15 Å². The van der Waals surface area contributed by atoms with E-state index in [-0.39, 0.29) is 0 Å². The zero-order valence-electron chi connectivity index (χ0n) is 6.83. The fraction of sp³-hybridized carbons (Fsp3) is 0.333. The molecule has 0 amide bonds. The molecule has 0 unspecified atom stereocenters. The van der Waals surface area contributed by atoms with E-state index >= 15 is 0 Å². The molecule has 0 radical (unpaired) electrons. The zero-order chi connectivity index (χ0) is 8.10. The Morgan fingerprint density at radius 2 is 1.45 bits per heavy atom. The van der Waals surface area contributed by atoms with Crippen LogP contribution in [0.25, 0.3) is 12.2 Å². The summed E-state index contributed by atoms with van der Waals surface area (Å²) in [5, 5.41) is 0. The number of hydrogen-bond acceptors (Lipinski definition) is 2. The smallest absolute Gasteiger partial charge is 0.225 e. The van der Waals surface area contributed by atoms with Crippen molar-refractivity contribution in [3.05, 3.63) is 23.7 Å². The molecule has 0 atom stereocenters. The first-order chi connectivity index (χ1) is 5.47. The maximum Gasteiger partial charge on any atom is 0.225 e. The minimum Gasteiger partial charge on any atom is -0.286 e. The Morgan fingerprint density at radius 3 is 1.82 bits per heavy atom. The van der Waals surface area contributed by atoms with Crippen molar-refractivity contribution >= 4 is 12.2 Å². The molecule has 0 N–H and O–H groups in total. The van der Waals surface area contributed by atoms with E-state index in [9.17, 15) is 0 Å². The molecule has 0 aliphatic heterocycles. The van der Waals surface area contributed by atoms with Crippen molar-refractivity contribution in [3.8, 4) is 0 Å². The van der Waals surface area contributed by atoms with Crippen LogP contribution in [0.15, 0.2) is 21.3 Å². The summed E-state index contributed by atoms with van der Waals surface area (Å²) in [7, 11) is 0. The number of rotatable bonds is 0. The lowest BCUT2D eigenvalue weighted by Crippen LogP contribution is -1.81. The van der Waals surface area contributed by atoms with Crippen LogP contribution in [0.4, 0.5) is 0 Å². The molecule has 0 bridgehead atoms. The third kappa shape index (κ3) is 1.64. The van der Waals surface area contributed by atoms with E-state index in [1.165, 1.54) is 0 Å². The van der Waals surface area contributed by atoms with Gasteiger partial charge in [-0.1, -0.05) is 26.0 Å². The van der Waals surface area contributed by atoms with Crippen LogP contribution in [0.3, 0.4) is 0 Å². The van der Waals surface area contributed by atoms with E-state index in [4.69, 9.17) is 0 Å². The van der Waals surface area contributed by atoms with Gasteiger partial charge in [0, 0.05) is 0 Å². The SMILES string of the molecule is C1=Cc2ooc2C=CC1.CC. The lowest BCUT2D eigenvalue weighted by atomic mass is 10.3. The van der Waals surface area contributed by atoms with Crippen molar-refractivity contribution in [3.63, 3.8) is 0 Å². The molecule has 11 heavy (non-hydrogen) atoms. The molecule has 60 valence electrons. The van der Waals surface area contributed by atoms with Crippen molar-refractivity contribution < 1.29 is 9.15 Å². The van der Waals surface area contributed by atoms with Gasteiger partial charge in [-0.2, -0.15) is 0 Å². The molecule has 0 fully saturated rings. The Labute approximate surface area is 66.1 Å². The van der Waals surface area contributed by atoms with Gasteiger partial charge in [0.25, 0.3) is 0 Å². The van der Waals surface area contributed by atoms with E-state index in [0.29, 0.717) is 0 Å². The normalized spacial score (nSPS) is 13.3. The summed E-state index contributed by atoms with van der Waals surface area (Å²) in [6, 6.07) is 0. The predicted octanol–water partition coefficient (Wildman–Crippen LogP) is 3.33. The molecule has 0 saturated carbocycles.